The molecule has 0 bridgehead atoms. The zero-order valence-electron chi connectivity index (χ0n) is 15.0. The molecule has 0 radical (unpaired) electrons. The molecule has 0 spiro atoms. The SMILES string of the molecule is CCCCCNC(=S)NNC(=O)COc1ccc(-c2ccccc2)cc1. The van der Waals surface area contributed by atoms with Crippen LogP contribution in [-0.4, -0.2) is 24.2 Å². The van der Waals surface area contributed by atoms with Crippen LogP contribution < -0.4 is 20.9 Å². The van der Waals surface area contributed by atoms with E-state index in [2.05, 4.69) is 23.1 Å². The number of thiocarbonyl (C=S) groups is 1. The molecule has 0 aromatic heterocycles. The first-order chi connectivity index (χ1) is 12.7. The molecule has 0 fully saturated rings. The third-order valence-corrected chi connectivity index (χ3v) is 3.96. The van der Waals surface area contributed by atoms with Crippen molar-refractivity contribution in [1.29, 1.82) is 0 Å². The standard InChI is InChI=1S/C20H25N3O2S/c1-2-3-7-14-21-20(26)23-22-19(24)15-25-18-12-10-17(11-13-18)16-8-5-4-6-9-16/h4-6,8-13H,2-3,7,14-15H2,1H3,(H,22,24)(H2,21,23,26). The summed E-state index contributed by atoms with van der Waals surface area (Å²) >= 11 is 5.08. The summed E-state index contributed by atoms with van der Waals surface area (Å²) in [6.45, 7) is 2.85. The number of hydrogen-bond acceptors (Lipinski definition) is 3. The van der Waals surface area contributed by atoms with Crippen molar-refractivity contribution in [2.45, 2.75) is 26.2 Å². The fourth-order valence-electron chi connectivity index (χ4n) is 2.31. The van der Waals surface area contributed by atoms with E-state index in [-0.39, 0.29) is 12.5 Å². The maximum Gasteiger partial charge on any atom is 0.276 e. The van der Waals surface area contributed by atoms with Crippen LogP contribution in [0.15, 0.2) is 54.6 Å². The largest absolute Gasteiger partial charge is 0.484 e. The number of carbonyl (C=O) groups excluding carboxylic acids is 1. The van der Waals surface area contributed by atoms with Gasteiger partial charge in [-0.25, -0.2) is 0 Å². The van der Waals surface area contributed by atoms with Crippen molar-refractivity contribution in [3.63, 3.8) is 0 Å². The van der Waals surface area contributed by atoms with E-state index in [4.69, 9.17) is 17.0 Å². The van der Waals surface area contributed by atoms with E-state index < -0.39 is 0 Å². The van der Waals surface area contributed by atoms with E-state index in [0.29, 0.717) is 10.9 Å². The fraction of sp³-hybridized carbons (Fsp3) is 0.300. The van der Waals surface area contributed by atoms with Crippen LogP contribution in [0.1, 0.15) is 26.2 Å². The van der Waals surface area contributed by atoms with Crippen LogP contribution in [0.25, 0.3) is 11.1 Å². The Hall–Kier alpha value is -2.60. The number of nitrogens with one attached hydrogen (secondary N) is 3. The summed E-state index contributed by atoms with van der Waals surface area (Å²) in [5.41, 5.74) is 7.42. The average Bonchev–Trinajstić information content (AvgIpc) is 2.69. The van der Waals surface area contributed by atoms with Gasteiger partial charge in [-0.1, -0.05) is 62.2 Å². The highest BCUT2D eigenvalue weighted by atomic mass is 32.1. The number of ether oxygens (including phenoxy) is 1. The van der Waals surface area contributed by atoms with Gasteiger partial charge in [-0.05, 0) is 41.9 Å². The molecule has 0 aliphatic carbocycles. The molecule has 2 aromatic carbocycles. The lowest BCUT2D eigenvalue weighted by atomic mass is 10.1. The molecule has 26 heavy (non-hydrogen) atoms. The Morgan fingerprint density at radius 3 is 2.35 bits per heavy atom. The van der Waals surface area contributed by atoms with Crippen molar-refractivity contribution >= 4 is 23.2 Å². The van der Waals surface area contributed by atoms with E-state index in [1.807, 2.05) is 54.6 Å². The molecule has 0 unspecified atom stereocenters. The highest BCUT2D eigenvalue weighted by molar-refractivity contribution is 7.80. The van der Waals surface area contributed by atoms with Crippen molar-refractivity contribution in [3.05, 3.63) is 54.6 Å². The van der Waals surface area contributed by atoms with Crippen molar-refractivity contribution in [2.24, 2.45) is 0 Å². The van der Waals surface area contributed by atoms with Gasteiger partial charge in [-0.3, -0.25) is 15.6 Å². The van der Waals surface area contributed by atoms with E-state index in [1.165, 1.54) is 0 Å². The van der Waals surface area contributed by atoms with Crippen LogP contribution in [0.2, 0.25) is 0 Å². The normalized spacial score (nSPS) is 10.0. The minimum atomic E-state index is -0.296. The predicted octanol–water partition coefficient (Wildman–Crippen LogP) is 3.42. The number of amides is 1. The number of benzene rings is 2. The number of carbonyl (C=O) groups is 1. The molecule has 0 saturated heterocycles. The van der Waals surface area contributed by atoms with Gasteiger partial charge in [0.25, 0.3) is 5.91 Å². The average molecular weight is 372 g/mol. The first kappa shape index (κ1) is 19.7. The molecular weight excluding hydrogens is 346 g/mol. The molecule has 0 saturated carbocycles. The molecule has 0 aliphatic heterocycles. The lowest BCUT2D eigenvalue weighted by molar-refractivity contribution is -0.123. The number of rotatable bonds is 8. The van der Waals surface area contributed by atoms with Gasteiger partial charge >= 0.3 is 0 Å². The molecule has 138 valence electrons. The van der Waals surface area contributed by atoms with E-state index in [1.54, 1.807) is 0 Å². The van der Waals surface area contributed by atoms with E-state index in [0.717, 1.165) is 36.9 Å². The van der Waals surface area contributed by atoms with Crippen LogP contribution in [-0.2, 0) is 4.79 Å². The summed E-state index contributed by atoms with van der Waals surface area (Å²) in [5.74, 6) is 0.343. The molecule has 2 aromatic rings. The molecule has 0 aliphatic rings. The summed E-state index contributed by atoms with van der Waals surface area (Å²) < 4.78 is 5.49. The van der Waals surface area contributed by atoms with Crippen molar-refractivity contribution in [1.82, 2.24) is 16.2 Å². The lowest BCUT2D eigenvalue weighted by Gasteiger charge is -2.12. The lowest BCUT2D eigenvalue weighted by Crippen LogP contribution is -2.48. The Bertz CT molecular complexity index is 690. The smallest absolute Gasteiger partial charge is 0.276 e. The van der Waals surface area contributed by atoms with Gasteiger partial charge in [0, 0.05) is 6.54 Å². The zero-order chi connectivity index (χ0) is 18.6. The maximum absolute atomic E-state index is 11.8. The van der Waals surface area contributed by atoms with Crippen LogP contribution >= 0.6 is 12.2 Å². The quantitative estimate of drug-likeness (QED) is 0.377. The van der Waals surface area contributed by atoms with E-state index in [9.17, 15) is 4.79 Å². The summed E-state index contributed by atoms with van der Waals surface area (Å²) in [5, 5.41) is 3.44. The van der Waals surface area contributed by atoms with Crippen LogP contribution in [0.4, 0.5) is 0 Å². The Balaban J connectivity index is 1.68. The Kier molecular flexibility index (Phi) is 8.42. The first-order valence-corrected chi connectivity index (χ1v) is 9.21. The highest BCUT2D eigenvalue weighted by Crippen LogP contribution is 2.21. The molecule has 3 N–H and O–H groups in total. The van der Waals surface area contributed by atoms with Gasteiger partial charge in [-0.15, -0.1) is 0 Å². The minimum Gasteiger partial charge on any atom is -0.484 e. The number of hydrogen-bond donors (Lipinski definition) is 3. The summed E-state index contributed by atoms with van der Waals surface area (Å²) in [6.07, 6.45) is 3.36. The molecule has 2 rings (SSSR count). The second-order valence-corrected chi connectivity index (χ2v) is 6.22. The molecule has 1 amide bonds. The topological polar surface area (TPSA) is 62.4 Å². The predicted molar refractivity (Wildman–Crippen MR) is 109 cm³/mol. The summed E-state index contributed by atoms with van der Waals surface area (Å²) in [6, 6.07) is 17.7. The number of hydrazine groups is 1. The third kappa shape index (κ3) is 7.11. The van der Waals surface area contributed by atoms with Gasteiger partial charge in [-0.2, -0.15) is 0 Å². The minimum absolute atomic E-state index is 0.0872. The fourth-order valence-corrected chi connectivity index (χ4v) is 2.46. The second-order valence-electron chi connectivity index (χ2n) is 5.82. The van der Waals surface area contributed by atoms with Crippen LogP contribution in [0.5, 0.6) is 5.75 Å². The van der Waals surface area contributed by atoms with E-state index >= 15 is 0 Å². The first-order valence-electron chi connectivity index (χ1n) is 8.80. The third-order valence-electron chi connectivity index (χ3n) is 3.71. The van der Waals surface area contributed by atoms with Crippen LogP contribution in [0.3, 0.4) is 0 Å². The van der Waals surface area contributed by atoms with Gasteiger partial charge in [0.15, 0.2) is 11.7 Å². The van der Waals surface area contributed by atoms with Gasteiger partial charge in [0.1, 0.15) is 5.75 Å². The van der Waals surface area contributed by atoms with Crippen molar-refractivity contribution in [3.8, 4) is 16.9 Å². The van der Waals surface area contributed by atoms with Gasteiger partial charge < -0.3 is 10.1 Å². The molecule has 6 heteroatoms. The molecule has 0 heterocycles. The molecular formula is C20H25N3O2S. The highest BCUT2D eigenvalue weighted by Gasteiger charge is 2.04. The summed E-state index contributed by atoms with van der Waals surface area (Å²) in [7, 11) is 0. The Labute approximate surface area is 160 Å². The summed E-state index contributed by atoms with van der Waals surface area (Å²) in [4.78, 5) is 11.8. The van der Waals surface area contributed by atoms with Crippen molar-refractivity contribution in [2.75, 3.05) is 13.2 Å². The Morgan fingerprint density at radius 1 is 0.962 bits per heavy atom. The van der Waals surface area contributed by atoms with Crippen LogP contribution in [0, 0.1) is 0 Å². The van der Waals surface area contributed by atoms with Crippen molar-refractivity contribution < 1.29 is 9.53 Å². The second kappa shape index (κ2) is 11.1. The van der Waals surface area contributed by atoms with Gasteiger partial charge in [0.05, 0.1) is 0 Å². The zero-order valence-corrected chi connectivity index (χ0v) is 15.8. The molecule has 0 atom stereocenters. The van der Waals surface area contributed by atoms with Gasteiger partial charge in [0.2, 0.25) is 0 Å². The molecule has 5 nitrogen and oxygen atoms in total. The Morgan fingerprint density at radius 2 is 1.65 bits per heavy atom. The monoisotopic (exact) mass is 371 g/mol. The number of unbranched alkanes of at least 4 members (excludes halogenated alkanes) is 2. The maximum atomic E-state index is 11.8.